The second kappa shape index (κ2) is 5.49. The molecule has 0 bridgehead atoms. The van der Waals surface area contributed by atoms with Crippen molar-refractivity contribution in [2.24, 2.45) is 11.3 Å². The van der Waals surface area contributed by atoms with Gasteiger partial charge in [-0.2, -0.15) is 0 Å². The van der Waals surface area contributed by atoms with Gasteiger partial charge in [0, 0.05) is 19.6 Å². The first-order chi connectivity index (χ1) is 8.40. The second-order valence-corrected chi connectivity index (χ2v) is 7.57. The van der Waals surface area contributed by atoms with Crippen molar-refractivity contribution in [3.63, 3.8) is 0 Å². The molecule has 0 aromatic heterocycles. The minimum atomic E-state index is 0.132. The summed E-state index contributed by atoms with van der Waals surface area (Å²) in [5, 5.41) is 3.04. The van der Waals surface area contributed by atoms with Gasteiger partial charge in [-0.15, -0.1) is 0 Å². The molecule has 1 unspecified atom stereocenters. The molecule has 4 heteroatoms. The highest BCUT2D eigenvalue weighted by Gasteiger charge is 2.39. The number of carbonyl (C=O) groups excluding carboxylic acids is 1. The lowest BCUT2D eigenvalue weighted by Crippen LogP contribution is -2.30. The van der Waals surface area contributed by atoms with Crippen molar-refractivity contribution in [3.8, 4) is 0 Å². The van der Waals surface area contributed by atoms with Gasteiger partial charge in [0.2, 0.25) is 5.91 Å². The van der Waals surface area contributed by atoms with Crippen molar-refractivity contribution in [1.82, 2.24) is 0 Å². The van der Waals surface area contributed by atoms with Crippen molar-refractivity contribution < 1.29 is 4.79 Å². The van der Waals surface area contributed by atoms with Crippen LogP contribution in [0.15, 0.2) is 22.7 Å². The average Bonchev–Trinajstić information content (AvgIpc) is 2.63. The van der Waals surface area contributed by atoms with Gasteiger partial charge in [-0.3, -0.25) is 4.79 Å². The van der Waals surface area contributed by atoms with Gasteiger partial charge in [-0.1, -0.05) is 20.3 Å². The molecule has 1 N–H and O–H groups in total. The summed E-state index contributed by atoms with van der Waals surface area (Å²) in [5.41, 5.74) is 1.02. The minimum Gasteiger partial charge on any atom is -0.326 e. The SMILES string of the molecule is CC1(C)CCCC1C(=O)Nc1ccc(Br)c(I)c1. The summed E-state index contributed by atoms with van der Waals surface area (Å²) < 4.78 is 2.17. The van der Waals surface area contributed by atoms with Gasteiger partial charge in [-0.05, 0) is 75.0 Å². The topological polar surface area (TPSA) is 29.1 Å². The van der Waals surface area contributed by atoms with Crippen LogP contribution in [0.4, 0.5) is 5.69 Å². The molecular weight excluding hydrogens is 405 g/mol. The Morgan fingerprint density at radius 1 is 1.50 bits per heavy atom. The molecule has 0 aliphatic heterocycles. The van der Waals surface area contributed by atoms with Crippen LogP contribution < -0.4 is 5.32 Å². The lowest BCUT2D eigenvalue weighted by atomic mass is 9.81. The average molecular weight is 422 g/mol. The summed E-state index contributed by atoms with van der Waals surface area (Å²) in [4.78, 5) is 12.3. The van der Waals surface area contributed by atoms with E-state index in [1.165, 1.54) is 0 Å². The lowest BCUT2D eigenvalue weighted by Gasteiger charge is -2.25. The van der Waals surface area contributed by atoms with E-state index in [0.717, 1.165) is 33.0 Å². The molecule has 1 aliphatic carbocycles. The maximum absolute atomic E-state index is 12.3. The molecule has 1 fully saturated rings. The smallest absolute Gasteiger partial charge is 0.228 e. The number of amides is 1. The predicted octanol–water partition coefficient (Wildman–Crippen LogP) is 4.82. The number of hydrogen-bond donors (Lipinski definition) is 1. The van der Waals surface area contributed by atoms with Gasteiger partial charge in [0.05, 0.1) is 0 Å². The largest absolute Gasteiger partial charge is 0.326 e. The van der Waals surface area contributed by atoms with Crippen LogP contribution in [-0.4, -0.2) is 5.91 Å². The zero-order valence-corrected chi connectivity index (χ0v) is 14.3. The normalized spacial score (nSPS) is 21.9. The number of anilines is 1. The molecule has 0 radical (unpaired) electrons. The fourth-order valence-electron chi connectivity index (χ4n) is 2.62. The lowest BCUT2D eigenvalue weighted by molar-refractivity contribution is -0.122. The van der Waals surface area contributed by atoms with Crippen molar-refractivity contribution in [1.29, 1.82) is 0 Å². The van der Waals surface area contributed by atoms with Gasteiger partial charge in [0.25, 0.3) is 0 Å². The number of nitrogens with one attached hydrogen (secondary N) is 1. The van der Waals surface area contributed by atoms with E-state index >= 15 is 0 Å². The Morgan fingerprint density at radius 2 is 2.22 bits per heavy atom. The summed E-state index contributed by atoms with van der Waals surface area (Å²) in [6, 6.07) is 5.90. The highest BCUT2D eigenvalue weighted by molar-refractivity contribution is 14.1. The van der Waals surface area contributed by atoms with Crippen LogP contribution in [0, 0.1) is 14.9 Å². The van der Waals surface area contributed by atoms with E-state index in [1.54, 1.807) is 0 Å². The van der Waals surface area contributed by atoms with Crippen molar-refractivity contribution in [2.75, 3.05) is 5.32 Å². The Morgan fingerprint density at radius 3 is 2.78 bits per heavy atom. The van der Waals surface area contributed by atoms with Crippen molar-refractivity contribution >= 4 is 50.1 Å². The van der Waals surface area contributed by atoms with E-state index < -0.39 is 0 Å². The molecular formula is C14H17BrINO. The number of carbonyl (C=O) groups is 1. The van der Waals surface area contributed by atoms with Crippen molar-refractivity contribution in [2.45, 2.75) is 33.1 Å². The number of benzene rings is 1. The Labute approximate surface area is 130 Å². The highest BCUT2D eigenvalue weighted by Crippen LogP contribution is 2.43. The maximum atomic E-state index is 12.3. The van der Waals surface area contributed by atoms with E-state index in [4.69, 9.17) is 0 Å². The third-order valence-corrected chi connectivity index (χ3v) is 6.09. The molecule has 1 aromatic carbocycles. The Bertz CT molecular complexity index is 473. The Kier molecular flexibility index (Phi) is 4.36. The number of hydrogen-bond acceptors (Lipinski definition) is 1. The molecule has 1 amide bonds. The molecule has 0 spiro atoms. The quantitative estimate of drug-likeness (QED) is 0.681. The Hall–Kier alpha value is -0.100. The summed E-state index contributed by atoms with van der Waals surface area (Å²) in [6.45, 7) is 4.38. The summed E-state index contributed by atoms with van der Waals surface area (Å²) in [7, 11) is 0. The molecule has 98 valence electrons. The van der Waals surface area contributed by atoms with Crippen LogP contribution in [-0.2, 0) is 4.79 Å². The molecule has 1 atom stereocenters. The number of rotatable bonds is 2. The van der Waals surface area contributed by atoms with Gasteiger partial charge in [0.15, 0.2) is 0 Å². The molecule has 1 aliphatic rings. The fourth-order valence-corrected chi connectivity index (χ4v) is 3.38. The summed E-state index contributed by atoms with van der Waals surface area (Å²) in [6.07, 6.45) is 3.30. The van der Waals surface area contributed by atoms with E-state index in [-0.39, 0.29) is 17.2 Å². The minimum absolute atomic E-state index is 0.132. The second-order valence-electron chi connectivity index (χ2n) is 5.55. The predicted molar refractivity (Wildman–Crippen MR) is 86.6 cm³/mol. The first-order valence-electron chi connectivity index (χ1n) is 6.16. The zero-order chi connectivity index (χ0) is 13.3. The van der Waals surface area contributed by atoms with E-state index in [0.29, 0.717) is 0 Å². The standard InChI is InChI=1S/C14H17BrINO/c1-14(2)7-3-4-10(14)13(18)17-9-5-6-11(15)12(16)8-9/h5-6,8,10H,3-4,7H2,1-2H3,(H,17,18). The van der Waals surface area contributed by atoms with Gasteiger partial charge >= 0.3 is 0 Å². The van der Waals surface area contributed by atoms with Crippen LogP contribution in [0.3, 0.4) is 0 Å². The first kappa shape index (κ1) is 14.3. The van der Waals surface area contributed by atoms with Crippen LogP contribution >= 0.6 is 38.5 Å². The van der Waals surface area contributed by atoms with Gasteiger partial charge in [0.1, 0.15) is 0 Å². The van der Waals surface area contributed by atoms with Crippen LogP contribution in [0.5, 0.6) is 0 Å². The van der Waals surface area contributed by atoms with E-state index in [2.05, 4.69) is 57.7 Å². The summed E-state index contributed by atoms with van der Waals surface area (Å²) >= 11 is 5.71. The third kappa shape index (κ3) is 3.07. The van der Waals surface area contributed by atoms with Crippen molar-refractivity contribution in [3.05, 3.63) is 26.2 Å². The third-order valence-electron chi connectivity index (χ3n) is 3.76. The monoisotopic (exact) mass is 421 g/mol. The zero-order valence-electron chi connectivity index (χ0n) is 10.6. The molecule has 18 heavy (non-hydrogen) atoms. The molecule has 1 saturated carbocycles. The number of halogens is 2. The van der Waals surface area contributed by atoms with Crippen LogP contribution in [0.25, 0.3) is 0 Å². The molecule has 2 nitrogen and oxygen atoms in total. The molecule has 1 aromatic rings. The maximum Gasteiger partial charge on any atom is 0.228 e. The first-order valence-corrected chi connectivity index (χ1v) is 8.03. The van der Waals surface area contributed by atoms with Gasteiger partial charge in [-0.25, -0.2) is 0 Å². The molecule has 0 saturated heterocycles. The van der Waals surface area contributed by atoms with Crippen LogP contribution in [0.1, 0.15) is 33.1 Å². The van der Waals surface area contributed by atoms with Gasteiger partial charge < -0.3 is 5.32 Å². The van der Waals surface area contributed by atoms with E-state index in [1.807, 2.05) is 18.2 Å². The fraction of sp³-hybridized carbons (Fsp3) is 0.500. The Balaban J connectivity index is 2.09. The van der Waals surface area contributed by atoms with E-state index in [9.17, 15) is 4.79 Å². The highest BCUT2D eigenvalue weighted by atomic mass is 127. The summed E-state index contributed by atoms with van der Waals surface area (Å²) in [5.74, 6) is 0.300. The molecule has 2 rings (SSSR count). The molecule has 0 heterocycles. The van der Waals surface area contributed by atoms with Crippen LogP contribution in [0.2, 0.25) is 0 Å².